The van der Waals surface area contributed by atoms with Crippen molar-refractivity contribution in [1.82, 2.24) is 0 Å². The average molecular weight is 517 g/mol. The van der Waals surface area contributed by atoms with Crippen molar-refractivity contribution in [2.45, 2.75) is 162 Å². The van der Waals surface area contributed by atoms with Crippen LogP contribution in [0.25, 0.3) is 0 Å². The SMILES string of the molecule is C#CCCCC(=C/OC(=O)CCCCCCCCCCC)/C=C/OC(=O)CCCCCCCCCCC. The number of hydrogen-bond acceptors (Lipinski definition) is 4. The van der Waals surface area contributed by atoms with E-state index in [0.717, 1.165) is 37.7 Å². The molecular formula is C33H56O4. The molecule has 0 aliphatic rings. The number of terminal acetylenes is 1. The van der Waals surface area contributed by atoms with E-state index >= 15 is 0 Å². The molecule has 4 heteroatoms. The second-order valence-electron chi connectivity index (χ2n) is 10.2. The third-order valence-corrected chi connectivity index (χ3v) is 6.58. The molecule has 0 unspecified atom stereocenters. The van der Waals surface area contributed by atoms with E-state index in [4.69, 9.17) is 15.9 Å². The van der Waals surface area contributed by atoms with Crippen molar-refractivity contribution in [3.8, 4) is 12.3 Å². The number of ether oxygens (including phenoxy) is 2. The van der Waals surface area contributed by atoms with E-state index in [-0.39, 0.29) is 11.9 Å². The van der Waals surface area contributed by atoms with Crippen molar-refractivity contribution in [1.29, 1.82) is 0 Å². The minimum absolute atomic E-state index is 0.215. The van der Waals surface area contributed by atoms with E-state index in [0.29, 0.717) is 25.7 Å². The lowest BCUT2D eigenvalue weighted by molar-refractivity contribution is -0.139. The first-order valence-corrected chi connectivity index (χ1v) is 15.3. The molecule has 0 aromatic carbocycles. The summed E-state index contributed by atoms with van der Waals surface area (Å²) in [5.41, 5.74) is 0.798. The molecule has 0 heterocycles. The Hall–Kier alpha value is -2.02. The molecule has 0 aromatic rings. The molecule has 0 fully saturated rings. The zero-order chi connectivity index (χ0) is 27.2. The summed E-state index contributed by atoms with van der Waals surface area (Å²) in [7, 11) is 0. The maximum absolute atomic E-state index is 12.1. The van der Waals surface area contributed by atoms with E-state index in [9.17, 15) is 9.59 Å². The Morgan fingerprint density at radius 3 is 1.49 bits per heavy atom. The van der Waals surface area contributed by atoms with Gasteiger partial charge >= 0.3 is 11.9 Å². The van der Waals surface area contributed by atoms with Gasteiger partial charge in [0.25, 0.3) is 0 Å². The van der Waals surface area contributed by atoms with Crippen molar-refractivity contribution in [3.63, 3.8) is 0 Å². The molecular weight excluding hydrogens is 460 g/mol. The highest BCUT2D eigenvalue weighted by Gasteiger charge is 2.04. The van der Waals surface area contributed by atoms with E-state index < -0.39 is 0 Å². The third kappa shape index (κ3) is 26.8. The molecule has 0 aliphatic carbocycles. The van der Waals surface area contributed by atoms with Crippen molar-refractivity contribution in [2.75, 3.05) is 0 Å². The summed E-state index contributed by atoms with van der Waals surface area (Å²) in [6, 6.07) is 0. The van der Waals surface area contributed by atoms with Crippen LogP contribution >= 0.6 is 0 Å². The predicted molar refractivity (Wildman–Crippen MR) is 156 cm³/mol. The lowest BCUT2D eigenvalue weighted by Crippen LogP contribution is -2.01. The van der Waals surface area contributed by atoms with Crippen molar-refractivity contribution < 1.29 is 19.1 Å². The number of rotatable bonds is 26. The summed E-state index contributed by atoms with van der Waals surface area (Å²) >= 11 is 0. The van der Waals surface area contributed by atoms with E-state index in [1.165, 1.54) is 102 Å². The van der Waals surface area contributed by atoms with E-state index in [1.807, 2.05) is 0 Å². The second kappa shape index (κ2) is 28.5. The van der Waals surface area contributed by atoms with Gasteiger partial charge in [0.1, 0.15) is 0 Å². The van der Waals surface area contributed by atoms with Gasteiger partial charge in [-0.3, -0.25) is 9.59 Å². The van der Waals surface area contributed by atoms with Gasteiger partial charge in [0.2, 0.25) is 0 Å². The lowest BCUT2D eigenvalue weighted by Gasteiger charge is -2.05. The summed E-state index contributed by atoms with van der Waals surface area (Å²) in [6.45, 7) is 4.47. The standard InChI is InChI=1S/C33H56O4/c1-4-7-10-12-14-16-18-20-23-26-32(34)36-29-28-31(25-22-9-6-3)30-37-33(35)27-24-21-19-17-15-13-11-8-5-2/h3,28-30H,4-5,7-27H2,1-2H3/b29-28+,31-30-. The van der Waals surface area contributed by atoms with Crippen LogP contribution in [-0.4, -0.2) is 11.9 Å². The van der Waals surface area contributed by atoms with Gasteiger partial charge in [-0.25, -0.2) is 0 Å². The van der Waals surface area contributed by atoms with E-state index in [1.54, 1.807) is 6.08 Å². The molecule has 37 heavy (non-hydrogen) atoms. The molecule has 212 valence electrons. The number of allylic oxidation sites excluding steroid dienone is 2. The molecule has 0 aliphatic heterocycles. The highest BCUT2D eigenvalue weighted by Crippen LogP contribution is 2.14. The van der Waals surface area contributed by atoms with Crippen LogP contribution in [0.2, 0.25) is 0 Å². The maximum Gasteiger partial charge on any atom is 0.310 e. The Morgan fingerprint density at radius 1 is 0.595 bits per heavy atom. The normalized spacial score (nSPS) is 11.5. The van der Waals surface area contributed by atoms with Gasteiger partial charge < -0.3 is 9.47 Å². The topological polar surface area (TPSA) is 52.6 Å². The largest absolute Gasteiger partial charge is 0.434 e. The molecule has 0 N–H and O–H groups in total. The molecule has 4 nitrogen and oxygen atoms in total. The first-order valence-electron chi connectivity index (χ1n) is 15.3. The Labute approximate surface area is 229 Å². The van der Waals surface area contributed by atoms with Crippen molar-refractivity contribution in [2.24, 2.45) is 0 Å². The average Bonchev–Trinajstić information content (AvgIpc) is 2.89. The summed E-state index contributed by atoms with van der Waals surface area (Å²) in [6.07, 6.45) is 34.8. The molecule has 0 saturated carbocycles. The Bertz CT molecular complexity index is 641. The predicted octanol–water partition coefficient (Wildman–Crippen LogP) is 10.1. The number of carbonyl (C=O) groups excluding carboxylic acids is 2. The summed E-state index contributed by atoms with van der Waals surface area (Å²) < 4.78 is 10.6. The van der Waals surface area contributed by atoms with Crippen LogP contribution in [-0.2, 0) is 19.1 Å². The number of esters is 2. The fourth-order valence-electron chi connectivity index (χ4n) is 4.19. The van der Waals surface area contributed by atoms with Gasteiger partial charge in [-0.05, 0) is 37.3 Å². The second-order valence-corrected chi connectivity index (χ2v) is 10.2. The maximum atomic E-state index is 12.1. The number of carbonyl (C=O) groups is 2. The minimum Gasteiger partial charge on any atom is -0.434 e. The Morgan fingerprint density at radius 2 is 1.03 bits per heavy atom. The molecule has 0 amide bonds. The molecule has 0 saturated heterocycles. The summed E-state index contributed by atoms with van der Waals surface area (Å²) in [5, 5.41) is 0. The first kappa shape index (κ1) is 35.0. The van der Waals surface area contributed by atoms with Gasteiger partial charge in [0.05, 0.1) is 12.5 Å². The zero-order valence-electron chi connectivity index (χ0n) is 24.2. The van der Waals surface area contributed by atoms with Gasteiger partial charge in [-0.15, -0.1) is 12.3 Å². The third-order valence-electron chi connectivity index (χ3n) is 6.58. The Kier molecular flexibility index (Phi) is 27.0. The molecule has 0 rings (SSSR count). The minimum atomic E-state index is -0.218. The molecule has 0 atom stereocenters. The van der Waals surface area contributed by atoms with Gasteiger partial charge in [0.15, 0.2) is 0 Å². The quantitative estimate of drug-likeness (QED) is 0.0377. The van der Waals surface area contributed by atoms with Crippen LogP contribution in [0.1, 0.15) is 162 Å². The smallest absolute Gasteiger partial charge is 0.310 e. The highest BCUT2D eigenvalue weighted by molar-refractivity contribution is 5.70. The van der Waals surface area contributed by atoms with Crippen LogP contribution in [0.15, 0.2) is 24.2 Å². The summed E-state index contributed by atoms with van der Waals surface area (Å²) in [5.74, 6) is 2.19. The van der Waals surface area contributed by atoms with Crippen LogP contribution in [0, 0.1) is 12.3 Å². The monoisotopic (exact) mass is 516 g/mol. The van der Waals surface area contributed by atoms with Gasteiger partial charge in [-0.2, -0.15) is 0 Å². The van der Waals surface area contributed by atoms with Crippen LogP contribution in [0.3, 0.4) is 0 Å². The van der Waals surface area contributed by atoms with Crippen molar-refractivity contribution >= 4 is 11.9 Å². The zero-order valence-corrected chi connectivity index (χ0v) is 24.2. The molecule has 0 aromatic heterocycles. The van der Waals surface area contributed by atoms with Crippen molar-refractivity contribution in [3.05, 3.63) is 24.2 Å². The molecule has 0 spiro atoms. The number of unbranched alkanes of at least 4 members (excludes halogenated alkanes) is 17. The van der Waals surface area contributed by atoms with Crippen LogP contribution in [0.5, 0.6) is 0 Å². The van der Waals surface area contributed by atoms with Crippen LogP contribution < -0.4 is 0 Å². The highest BCUT2D eigenvalue weighted by atomic mass is 16.5. The van der Waals surface area contributed by atoms with Gasteiger partial charge in [0, 0.05) is 19.3 Å². The lowest BCUT2D eigenvalue weighted by atomic mass is 10.1. The molecule has 0 radical (unpaired) electrons. The first-order chi connectivity index (χ1) is 18.1. The van der Waals surface area contributed by atoms with E-state index in [2.05, 4.69) is 19.8 Å². The molecule has 0 bridgehead atoms. The van der Waals surface area contributed by atoms with Gasteiger partial charge in [-0.1, -0.05) is 117 Å². The summed E-state index contributed by atoms with van der Waals surface area (Å²) in [4.78, 5) is 24.1. The fourth-order valence-corrected chi connectivity index (χ4v) is 4.19. The fraction of sp³-hybridized carbons (Fsp3) is 0.758. The number of hydrogen-bond donors (Lipinski definition) is 0. The van der Waals surface area contributed by atoms with Crippen LogP contribution in [0.4, 0.5) is 0 Å². The Balaban J connectivity index is 4.12.